The molecular weight excluding hydrogens is 347 g/mol. The van der Waals surface area contributed by atoms with Gasteiger partial charge in [0.1, 0.15) is 6.73 Å². The number of amides is 1. The third-order valence-electron chi connectivity index (χ3n) is 2.92. The molecular formula is C18H26Cl2N2O2. The number of carbonyl (C=O) groups is 1. The van der Waals surface area contributed by atoms with E-state index in [2.05, 4.69) is 10.3 Å². The highest BCUT2D eigenvalue weighted by atomic mass is 35.5. The maximum atomic E-state index is 11.5. The molecule has 0 aromatic carbocycles. The van der Waals surface area contributed by atoms with Crippen LogP contribution in [0.5, 0.6) is 0 Å². The van der Waals surface area contributed by atoms with E-state index in [1.807, 2.05) is 19.1 Å². The largest absolute Gasteiger partial charge is 0.375 e. The molecule has 0 aliphatic carbocycles. The van der Waals surface area contributed by atoms with Crippen LogP contribution in [0, 0.1) is 0 Å². The van der Waals surface area contributed by atoms with Gasteiger partial charge in [0, 0.05) is 34.2 Å². The summed E-state index contributed by atoms with van der Waals surface area (Å²) in [6.07, 6.45) is 8.15. The maximum absolute atomic E-state index is 11.5. The lowest BCUT2D eigenvalue weighted by Crippen LogP contribution is -2.25. The van der Waals surface area contributed by atoms with E-state index in [1.165, 1.54) is 6.92 Å². The Morgan fingerprint density at radius 1 is 1.38 bits per heavy atom. The van der Waals surface area contributed by atoms with Gasteiger partial charge in [-0.05, 0) is 27.2 Å². The van der Waals surface area contributed by atoms with Gasteiger partial charge in [-0.1, -0.05) is 42.8 Å². The van der Waals surface area contributed by atoms with Crippen molar-refractivity contribution in [1.82, 2.24) is 5.32 Å². The number of hydrogen-bond donors (Lipinski definition) is 2. The van der Waals surface area contributed by atoms with Crippen LogP contribution >= 0.6 is 23.2 Å². The number of aliphatic hydroxyl groups is 1. The summed E-state index contributed by atoms with van der Waals surface area (Å²) in [6, 6.07) is 0. The highest BCUT2D eigenvalue weighted by molar-refractivity contribution is 6.34. The molecule has 1 atom stereocenters. The average Bonchev–Trinajstić information content (AvgIpc) is 2.49. The van der Waals surface area contributed by atoms with Crippen molar-refractivity contribution in [1.29, 1.82) is 0 Å². The van der Waals surface area contributed by atoms with E-state index in [-0.39, 0.29) is 11.3 Å². The van der Waals surface area contributed by atoms with E-state index in [0.29, 0.717) is 27.6 Å². The quantitative estimate of drug-likeness (QED) is 0.375. The molecule has 0 fully saturated rings. The van der Waals surface area contributed by atoms with Gasteiger partial charge in [0.2, 0.25) is 5.91 Å². The van der Waals surface area contributed by atoms with Gasteiger partial charge in [-0.15, -0.1) is 11.6 Å². The fourth-order valence-electron chi connectivity index (χ4n) is 1.99. The summed E-state index contributed by atoms with van der Waals surface area (Å²) in [4.78, 5) is 15.7. The molecule has 0 heterocycles. The summed E-state index contributed by atoms with van der Waals surface area (Å²) in [7, 11) is 0. The Morgan fingerprint density at radius 3 is 2.38 bits per heavy atom. The van der Waals surface area contributed by atoms with Gasteiger partial charge in [-0.3, -0.25) is 9.79 Å². The number of aliphatic imine (C=N–C) groups is 1. The third-order valence-corrected chi connectivity index (χ3v) is 3.25. The number of halogens is 2. The van der Waals surface area contributed by atoms with E-state index in [9.17, 15) is 9.90 Å². The zero-order valence-corrected chi connectivity index (χ0v) is 16.4. The summed E-state index contributed by atoms with van der Waals surface area (Å²) in [6.45, 7) is 8.38. The number of alkyl halides is 1. The average molecular weight is 373 g/mol. The summed E-state index contributed by atoms with van der Waals surface area (Å²) < 4.78 is 0. The van der Waals surface area contributed by atoms with Gasteiger partial charge in [-0.25, -0.2) is 0 Å². The van der Waals surface area contributed by atoms with Crippen LogP contribution in [0.3, 0.4) is 0 Å². The monoisotopic (exact) mass is 372 g/mol. The molecule has 6 heteroatoms. The number of hydrogen-bond acceptors (Lipinski definition) is 3. The second kappa shape index (κ2) is 12.1. The molecule has 0 bridgehead atoms. The van der Waals surface area contributed by atoms with Crippen molar-refractivity contribution >= 4 is 34.8 Å². The standard InChI is InChI=1S/C18H26Cl2N2O2/c1-6-8-9-15(13(4)20)18(21-11-23)16(10-12(3)19)17(7-2)22-14(5)24/h7-10,12,23H,6,11H2,1-5H3,(H,22,24)/b9-8-,15-13-,16-10+,17-7+,21-18?. The number of allylic oxidation sites excluding steroid dienone is 7. The van der Waals surface area contributed by atoms with Crippen molar-refractivity contribution in [3.8, 4) is 0 Å². The lowest BCUT2D eigenvalue weighted by Gasteiger charge is -2.18. The van der Waals surface area contributed by atoms with Crippen LogP contribution < -0.4 is 5.32 Å². The molecule has 0 spiro atoms. The van der Waals surface area contributed by atoms with Crippen molar-refractivity contribution in [2.75, 3.05) is 6.73 Å². The first kappa shape index (κ1) is 22.6. The number of carbonyl (C=O) groups excluding carboxylic acids is 1. The van der Waals surface area contributed by atoms with Crippen molar-refractivity contribution in [3.05, 3.63) is 46.2 Å². The summed E-state index contributed by atoms with van der Waals surface area (Å²) in [5, 5.41) is 12.4. The normalized spacial score (nSPS) is 16.2. The molecule has 0 saturated carbocycles. The van der Waals surface area contributed by atoms with Gasteiger partial charge in [0.15, 0.2) is 0 Å². The van der Waals surface area contributed by atoms with E-state index in [4.69, 9.17) is 23.2 Å². The summed E-state index contributed by atoms with van der Waals surface area (Å²) in [5.41, 5.74) is 2.31. The Labute approximate surface area is 154 Å². The van der Waals surface area contributed by atoms with Crippen LogP contribution in [0.15, 0.2) is 51.2 Å². The molecule has 0 aliphatic heterocycles. The lowest BCUT2D eigenvalue weighted by atomic mass is 9.97. The zero-order valence-electron chi connectivity index (χ0n) is 14.9. The number of aliphatic hydroxyl groups excluding tert-OH is 1. The number of rotatable bonds is 8. The molecule has 0 radical (unpaired) electrons. The third kappa shape index (κ3) is 7.95. The summed E-state index contributed by atoms with van der Waals surface area (Å²) in [5.74, 6) is -0.211. The number of nitrogens with zero attached hydrogens (tertiary/aromatic N) is 1. The fraction of sp³-hybridized carbons (Fsp3) is 0.444. The molecule has 0 saturated heterocycles. The first-order chi connectivity index (χ1) is 11.3. The van der Waals surface area contributed by atoms with Crippen molar-refractivity contribution in [2.45, 2.75) is 46.4 Å². The predicted octanol–water partition coefficient (Wildman–Crippen LogP) is 4.45. The fourth-order valence-corrected chi connectivity index (χ4v) is 2.27. The van der Waals surface area contributed by atoms with Gasteiger partial charge in [0.25, 0.3) is 0 Å². The highest BCUT2D eigenvalue weighted by Gasteiger charge is 2.18. The topological polar surface area (TPSA) is 61.7 Å². The van der Waals surface area contributed by atoms with Crippen LogP contribution in [0.2, 0.25) is 0 Å². The zero-order chi connectivity index (χ0) is 18.7. The molecule has 0 rings (SSSR count). The molecule has 24 heavy (non-hydrogen) atoms. The van der Waals surface area contributed by atoms with Crippen molar-refractivity contribution in [2.24, 2.45) is 4.99 Å². The van der Waals surface area contributed by atoms with Gasteiger partial charge < -0.3 is 10.4 Å². The Hall–Kier alpha value is -1.36. The van der Waals surface area contributed by atoms with Crippen LogP contribution in [0.1, 0.15) is 41.0 Å². The predicted molar refractivity (Wildman–Crippen MR) is 103 cm³/mol. The molecule has 134 valence electrons. The Kier molecular flexibility index (Phi) is 11.4. The SMILES string of the molecule is C/C=C(NC(C)=O)\C(=C/C(C)Cl)C(=NCO)C(/C=C\CC)=C(/C)Cl. The van der Waals surface area contributed by atoms with Crippen LogP contribution in [0.25, 0.3) is 0 Å². The second-order valence-corrected chi connectivity index (χ2v) is 6.30. The first-order valence-electron chi connectivity index (χ1n) is 7.77. The van der Waals surface area contributed by atoms with Gasteiger partial charge >= 0.3 is 0 Å². The Bertz CT molecular complexity index is 582. The van der Waals surface area contributed by atoms with Crippen LogP contribution in [0.4, 0.5) is 0 Å². The Balaban J connectivity index is 6.37. The first-order valence-corrected chi connectivity index (χ1v) is 8.58. The van der Waals surface area contributed by atoms with E-state index in [0.717, 1.165) is 6.42 Å². The van der Waals surface area contributed by atoms with Crippen molar-refractivity contribution in [3.63, 3.8) is 0 Å². The van der Waals surface area contributed by atoms with E-state index >= 15 is 0 Å². The van der Waals surface area contributed by atoms with E-state index in [1.54, 1.807) is 32.9 Å². The van der Waals surface area contributed by atoms with E-state index < -0.39 is 6.73 Å². The minimum atomic E-state index is -0.409. The molecule has 2 N–H and O–H groups in total. The summed E-state index contributed by atoms with van der Waals surface area (Å²) >= 11 is 12.4. The minimum Gasteiger partial charge on any atom is -0.375 e. The smallest absolute Gasteiger partial charge is 0.221 e. The maximum Gasteiger partial charge on any atom is 0.221 e. The second-order valence-electron chi connectivity index (χ2n) is 5.05. The molecule has 4 nitrogen and oxygen atoms in total. The lowest BCUT2D eigenvalue weighted by molar-refractivity contribution is -0.118. The van der Waals surface area contributed by atoms with Gasteiger partial charge in [0.05, 0.1) is 5.71 Å². The molecule has 0 aromatic rings. The molecule has 0 aliphatic rings. The van der Waals surface area contributed by atoms with Crippen LogP contribution in [-0.2, 0) is 4.79 Å². The van der Waals surface area contributed by atoms with Gasteiger partial charge in [-0.2, -0.15) is 0 Å². The Morgan fingerprint density at radius 2 is 2.00 bits per heavy atom. The van der Waals surface area contributed by atoms with Crippen LogP contribution in [-0.4, -0.2) is 28.8 Å². The molecule has 0 aromatic heterocycles. The molecule has 1 unspecified atom stereocenters. The highest BCUT2D eigenvalue weighted by Crippen LogP contribution is 2.23. The van der Waals surface area contributed by atoms with Crippen molar-refractivity contribution < 1.29 is 9.90 Å². The molecule has 1 amide bonds. The number of nitrogens with one attached hydrogen (secondary N) is 1. The minimum absolute atomic E-state index is 0.211.